The summed E-state index contributed by atoms with van der Waals surface area (Å²) >= 11 is 0. The van der Waals surface area contributed by atoms with Crippen LogP contribution in [0, 0.1) is 6.92 Å². The molecule has 0 aliphatic heterocycles. The molecule has 1 aromatic carbocycles. The lowest BCUT2D eigenvalue weighted by Crippen LogP contribution is -2.23. The summed E-state index contributed by atoms with van der Waals surface area (Å²) in [6.45, 7) is 7.45. The van der Waals surface area contributed by atoms with E-state index in [0.717, 1.165) is 19.4 Å². The lowest BCUT2D eigenvalue weighted by atomic mass is 9.96. The lowest BCUT2D eigenvalue weighted by molar-refractivity contribution is 0.546. The van der Waals surface area contributed by atoms with Crippen LogP contribution in [0.5, 0.6) is 0 Å². The highest BCUT2D eigenvalue weighted by atomic mass is 14.9. The molecule has 0 spiro atoms. The summed E-state index contributed by atoms with van der Waals surface area (Å²) in [6, 6.07) is 11.5. The average molecular weight is 268 g/mol. The van der Waals surface area contributed by atoms with Crippen molar-refractivity contribution < 1.29 is 0 Å². The van der Waals surface area contributed by atoms with Crippen LogP contribution in [0.25, 0.3) is 0 Å². The average Bonchev–Trinajstić information content (AvgIpc) is 2.48. The quantitative estimate of drug-likeness (QED) is 0.861. The van der Waals surface area contributed by atoms with Crippen molar-refractivity contribution in [1.29, 1.82) is 0 Å². The SMILES string of the molecule is CCNC(Cc1ccc(CC)cc1)c1ccncc1C. The second kappa shape index (κ2) is 7.20. The fourth-order valence-electron chi connectivity index (χ4n) is 2.56. The predicted molar refractivity (Wildman–Crippen MR) is 84.9 cm³/mol. The molecule has 0 amide bonds. The van der Waals surface area contributed by atoms with E-state index >= 15 is 0 Å². The lowest BCUT2D eigenvalue weighted by Gasteiger charge is -2.20. The zero-order chi connectivity index (χ0) is 14.4. The Labute approximate surface area is 122 Å². The topological polar surface area (TPSA) is 24.9 Å². The number of pyridine rings is 1. The summed E-state index contributed by atoms with van der Waals surface area (Å²) < 4.78 is 0. The third kappa shape index (κ3) is 3.67. The number of hydrogen-bond donors (Lipinski definition) is 1. The van der Waals surface area contributed by atoms with Crippen molar-refractivity contribution in [3.05, 3.63) is 65.0 Å². The molecule has 1 unspecified atom stereocenters. The summed E-state index contributed by atoms with van der Waals surface area (Å²) in [7, 11) is 0. The number of nitrogens with zero attached hydrogens (tertiary/aromatic N) is 1. The first-order valence-corrected chi connectivity index (χ1v) is 7.46. The minimum absolute atomic E-state index is 0.357. The molecule has 2 rings (SSSR count). The Morgan fingerprint density at radius 1 is 1.05 bits per heavy atom. The van der Waals surface area contributed by atoms with Gasteiger partial charge >= 0.3 is 0 Å². The number of benzene rings is 1. The number of nitrogens with one attached hydrogen (secondary N) is 1. The molecule has 2 aromatic rings. The highest BCUT2D eigenvalue weighted by Gasteiger charge is 2.13. The molecular formula is C18H24N2. The minimum atomic E-state index is 0.357. The van der Waals surface area contributed by atoms with Crippen LogP contribution in [-0.4, -0.2) is 11.5 Å². The third-order valence-corrected chi connectivity index (χ3v) is 3.76. The van der Waals surface area contributed by atoms with E-state index in [1.54, 1.807) is 0 Å². The molecule has 0 radical (unpaired) electrons. The molecule has 1 aromatic heterocycles. The summed E-state index contributed by atoms with van der Waals surface area (Å²) in [5.41, 5.74) is 5.38. The molecular weight excluding hydrogens is 244 g/mol. The van der Waals surface area contributed by atoms with Crippen molar-refractivity contribution in [2.45, 2.75) is 39.7 Å². The largest absolute Gasteiger partial charge is 0.310 e. The zero-order valence-electron chi connectivity index (χ0n) is 12.7. The fraction of sp³-hybridized carbons (Fsp3) is 0.389. The van der Waals surface area contributed by atoms with Gasteiger partial charge in [-0.25, -0.2) is 0 Å². The van der Waals surface area contributed by atoms with Crippen molar-refractivity contribution >= 4 is 0 Å². The van der Waals surface area contributed by atoms with Gasteiger partial charge in [-0.3, -0.25) is 4.98 Å². The van der Waals surface area contributed by atoms with Crippen molar-refractivity contribution in [2.24, 2.45) is 0 Å². The Hall–Kier alpha value is -1.67. The van der Waals surface area contributed by atoms with Crippen LogP contribution in [-0.2, 0) is 12.8 Å². The molecule has 1 N–H and O–H groups in total. The first kappa shape index (κ1) is 14.7. The van der Waals surface area contributed by atoms with Gasteiger partial charge in [-0.2, -0.15) is 0 Å². The van der Waals surface area contributed by atoms with Gasteiger partial charge in [-0.15, -0.1) is 0 Å². The fourth-order valence-corrected chi connectivity index (χ4v) is 2.56. The van der Waals surface area contributed by atoms with Crippen LogP contribution in [0.1, 0.15) is 42.1 Å². The molecule has 1 atom stereocenters. The number of aryl methyl sites for hydroxylation is 2. The van der Waals surface area contributed by atoms with E-state index < -0.39 is 0 Å². The molecule has 0 bridgehead atoms. The Kier molecular flexibility index (Phi) is 5.31. The van der Waals surface area contributed by atoms with Crippen LogP contribution in [0.3, 0.4) is 0 Å². The van der Waals surface area contributed by atoms with Crippen LogP contribution in [0.2, 0.25) is 0 Å². The molecule has 0 saturated carbocycles. The van der Waals surface area contributed by atoms with Gasteiger partial charge in [0.1, 0.15) is 0 Å². The standard InChI is InChI=1S/C18H24N2/c1-4-15-6-8-16(9-7-15)12-18(20-5-2)17-10-11-19-13-14(17)3/h6-11,13,18,20H,4-5,12H2,1-3H3. The van der Waals surface area contributed by atoms with Gasteiger partial charge in [-0.1, -0.05) is 38.1 Å². The highest BCUT2D eigenvalue weighted by molar-refractivity contribution is 5.29. The maximum Gasteiger partial charge on any atom is 0.0364 e. The van der Waals surface area contributed by atoms with Crippen LogP contribution in [0.15, 0.2) is 42.7 Å². The van der Waals surface area contributed by atoms with E-state index in [9.17, 15) is 0 Å². The molecule has 2 nitrogen and oxygen atoms in total. The predicted octanol–water partition coefficient (Wildman–Crippen LogP) is 3.85. The van der Waals surface area contributed by atoms with Crippen molar-refractivity contribution in [3.63, 3.8) is 0 Å². The van der Waals surface area contributed by atoms with Gasteiger partial charge < -0.3 is 5.32 Å². The monoisotopic (exact) mass is 268 g/mol. The Morgan fingerprint density at radius 3 is 2.35 bits per heavy atom. The summed E-state index contributed by atoms with van der Waals surface area (Å²) in [5.74, 6) is 0. The number of rotatable bonds is 6. The first-order chi connectivity index (χ1) is 9.74. The van der Waals surface area contributed by atoms with Crippen LogP contribution < -0.4 is 5.32 Å². The van der Waals surface area contributed by atoms with Gasteiger partial charge in [0.25, 0.3) is 0 Å². The molecule has 0 saturated heterocycles. The van der Waals surface area contributed by atoms with Gasteiger partial charge in [0.15, 0.2) is 0 Å². The van der Waals surface area contributed by atoms with Gasteiger partial charge in [0, 0.05) is 18.4 Å². The van der Waals surface area contributed by atoms with E-state index in [4.69, 9.17) is 0 Å². The molecule has 20 heavy (non-hydrogen) atoms. The van der Waals surface area contributed by atoms with E-state index in [1.807, 2.05) is 12.4 Å². The Morgan fingerprint density at radius 2 is 1.75 bits per heavy atom. The summed E-state index contributed by atoms with van der Waals surface area (Å²) in [5, 5.41) is 3.59. The van der Waals surface area contributed by atoms with E-state index in [0.29, 0.717) is 6.04 Å². The summed E-state index contributed by atoms with van der Waals surface area (Å²) in [4.78, 5) is 4.19. The van der Waals surface area contributed by atoms with E-state index in [2.05, 4.69) is 61.4 Å². The Balaban J connectivity index is 2.18. The van der Waals surface area contributed by atoms with E-state index in [1.165, 1.54) is 22.3 Å². The third-order valence-electron chi connectivity index (χ3n) is 3.76. The zero-order valence-corrected chi connectivity index (χ0v) is 12.7. The maximum atomic E-state index is 4.19. The number of likely N-dealkylation sites (N-methyl/N-ethyl adjacent to an activating group) is 1. The maximum absolute atomic E-state index is 4.19. The normalized spacial score (nSPS) is 12.3. The first-order valence-electron chi connectivity index (χ1n) is 7.46. The minimum Gasteiger partial charge on any atom is -0.310 e. The van der Waals surface area contributed by atoms with Crippen LogP contribution in [0.4, 0.5) is 0 Å². The van der Waals surface area contributed by atoms with Crippen LogP contribution >= 0.6 is 0 Å². The number of aromatic nitrogens is 1. The van der Waals surface area contributed by atoms with Gasteiger partial charge in [-0.05, 0) is 54.6 Å². The molecule has 0 fully saturated rings. The Bertz CT molecular complexity index is 531. The van der Waals surface area contributed by atoms with Gasteiger partial charge in [0.2, 0.25) is 0 Å². The van der Waals surface area contributed by atoms with Crippen molar-refractivity contribution in [3.8, 4) is 0 Å². The smallest absolute Gasteiger partial charge is 0.0364 e. The molecule has 1 heterocycles. The molecule has 106 valence electrons. The molecule has 0 aliphatic rings. The highest BCUT2D eigenvalue weighted by Crippen LogP contribution is 2.21. The van der Waals surface area contributed by atoms with Gasteiger partial charge in [0.05, 0.1) is 0 Å². The summed E-state index contributed by atoms with van der Waals surface area (Å²) in [6.07, 6.45) is 5.94. The second-order valence-corrected chi connectivity index (χ2v) is 5.22. The van der Waals surface area contributed by atoms with Crippen molar-refractivity contribution in [2.75, 3.05) is 6.54 Å². The number of hydrogen-bond acceptors (Lipinski definition) is 2. The second-order valence-electron chi connectivity index (χ2n) is 5.22. The molecule has 0 aliphatic carbocycles. The van der Waals surface area contributed by atoms with E-state index in [-0.39, 0.29) is 0 Å². The van der Waals surface area contributed by atoms with Crippen molar-refractivity contribution in [1.82, 2.24) is 10.3 Å². The molecule has 2 heteroatoms.